The van der Waals surface area contributed by atoms with Crippen LogP contribution in [0.5, 0.6) is 5.75 Å². The van der Waals surface area contributed by atoms with E-state index in [2.05, 4.69) is 5.32 Å². The van der Waals surface area contributed by atoms with E-state index in [1.807, 2.05) is 0 Å². The van der Waals surface area contributed by atoms with Crippen molar-refractivity contribution >= 4 is 11.9 Å². The van der Waals surface area contributed by atoms with E-state index in [0.29, 0.717) is 0 Å². The largest absolute Gasteiger partial charge is 0.485 e. The van der Waals surface area contributed by atoms with Crippen molar-refractivity contribution in [3.05, 3.63) is 65.5 Å². The smallest absolute Gasteiger partial charge is 0.335 e. The number of halogens is 3. The van der Waals surface area contributed by atoms with E-state index in [0.717, 1.165) is 0 Å². The minimum Gasteiger partial charge on any atom is -0.485 e. The second kappa shape index (κ2) is 9.63. The Labute approximate surface area is 194 Å². The first-order valence-corrected chi connectivity index (χ1v) is 11.0. The van der Waals surface area contributed by atoms with Crippen molar-refractivity contribution < 1.29 is 37.7 Å². The first-order valence-electron chi connectivity index (χ1n) is 11.0. The molecule has 1 aliphatic carbocycles. The van der Waals surface area contributed by atoms with Crippen LogP contribution in [0.1, 0.15) is 40.0 Å². The number of carbonyl (C=O) groups is 2. The summed E-state index contributed by atoms with van der Waals surface area (Å²) in [7, 11) is 0. The lowest BCUT2D eigenvalue weighted by Gasteiger charge is -2.39. The van der Waals surface area contributed by atoms with Crippen LogP contribution in [0.4, 0.5) is 13.2 Å². The van der Waals surface area contributed by atoms with Crippen LogP contribution in [0, 0.1) is 5.82 Å². The Balaban J connectivity index is 1.56. The van der Waals surface area contributed by atoms with Crippen LogP contribution in [0.2, 0.25) is 0 Å². The lowest BCUT2D eigenvalue weighted by molar-refractivity contribution is -0.0788. The number of ether oxygens (including phenoxy) is 1. The number of aliphatic hydroxyl groups is 1. The molecule has 34 heavy (non-hydrogen) atoms. The third-order valence-corrected chi connectivity index (χ3v) is 6.38. The summed E-state index contributed by atoms with van der Waals surface area (Å²) in [5.41, 5.74) is 0.0477. The fourth-order valence-electron chi connectivity index (χ4n) is 4.62. The molecule has 4 rings (SSSR count). The number of hydrogen-bond acceptors (Lipinski definition) is 5. The Morgan fingerprint density at radius 3 is 2.41 bits per heavy atom. The average molecular weight is 478 g/mol. The standard InChI is InChI=1S/C24H25F3N2O5/c25-16-6-1-2-7-18(16)34-19-13-17(20(21(19)30)29-10-8-24(26,27)9-11-29)28-22(31)14-4-3-5-15(12-14)23(32)33/h1-7,12,17,19-21,30H,8-11,13H2,(H,28,31)(H,32,33)/t17-,19-,20+,21+/m1/s1. The summed E-state index contributed by atoms with van der Waals surface area (Å²) in [6, 6.07) is 9.76. The molecule has 0 unspecified atom stereocenters. The predicted molar refractivity (Wildman–Crippen MR) is 116 cm³/mol. The Bertz CT molecular complexity index is 1060. The first kappa shape index (κ1) is 24.0. The Kier molecular flexibility index (Phi) is 6.81. The second-order valence-corrected chi connectivity index (χ2v) is 8.66. The lowest BCUT2D eigenvalue weighted by Crippen LogP contribution is -2.56. The second-order valence-electron chi connectivity index (χ2n) is 8.66. The van der Waals surface area contributed by atoms with Crippen molar-refractivity contribution in [1.29, 1.82) is 0 Å². The number of nitrogens with one attached hydrogen (secondary N) is 1. The van der Waals surface area contributed by atoms with E-state index in [-0.39, 0.29) is 49.2 Å². The number of likely N-dealkylation sites (tertiary alicyclic amines) is 1. The Hall–Kier alpha value is -3.11. The van der Waals surface area contributed by atoms with Gasteiger partial charge in [-0.25, -0.2) is 18.0 Å². The molecule has 2 aromatic rings. The fourth-order valence-corrected chi connectivity index (χ4v) is 4.62. The van der Waals surface area contributed by atoms with Gasteiger partial charge in [0, 0.05) is 37.9 Å². The summed E-state index contributed by atoms with van der Waals surface area (Å²) in [5.74, 6) is -5.21. The summed E-state index contributed by atoms with van der Waals surface area (Å²) in [6.45, 7) is 0.0318. The zero-order valence-corrected chi connectivity index (χ0v) is 18.2. The Morgan fingerprint density at radius 2 is 1.74 bits per heavy atom. The summed E-state index contributed by atoms with van der Waals surface area (Å²) >= 11 is 0. The fraction of sp³-hybridized carbons (Fsp3) is 0.417. The number of alkyl halides is 2. The number of piperidine rings is 1. The maximum atomic E-state index is 14.1. The molecular weight excluding hydrogens is 453 g/mol. The highest BCUT2D eigenvalue weighted by molar-refractivity contribution is 5.97. The molecule has 1 amide bonds. The first-order chi connectivity index (χ1) is 16.1. The van der Waals surface area contributed by atoms with Crippen LogP contribution in [0.15, 0.2) is 48.5 Å². The third-order valence-electron chi connectivity index (χ3n) is 6.38. The molecule has 10 heteroatoms. The van der Waals surface area contributed by atoms with Gasteiger partial charge < -0.3 is 20.3 Å². The van der Waals surface area contributed by atoms with Crippen LogP contribution in [-0.4, -0.2) is 70.3 Å². The zero-order valence-electron chi connectivity index (χ0n) is 18.2. The molecule has 3 N–H and O–H groups in total. The monoisotopic (exact) mass is 478 g/mol. The number of hydrogen-bond donors (Lipinski definition) is 3. The van der Waals surface area contributed by atoms with Crippen molar-refractivity contribution in [2.24, 2.45) is 0 Å². The summed E-state index contributed by atoms with van der Waals surface area (Å²) in [4.78, 5) is 25.8. The Morgan fingerprint density at radius 1 is 1.06 bits per heavy atom. The molecule has 2 fully saturated rings. The van der Waals surface area contributed by atoms with Crippen LogP contribution in [-0.2, 0) is 0 Å². The topological polar surface area (TPSA) is 99.1 Å². The maximum Gasteiger partial charge on any atom is 0.335 e. The van der Waals surface area contributed by atoms with Gasteiger partial charge in [0.05, 0.1) is 17.6 Å². The molecular formula is C24H25F3N2O5. The van der Waals surface area contributed by atoms with Gasteiger partial charge >= 0.3 is 5.97 Å². The molecule has 1 saturated carbocycles. The van der Waals surface area contributed by atoms with E-state index < -0.39 is 47.9 Å². The normalized spacial score (nSPS) is 26.7. The molecule has 0 bridgehead atoms. The highest BCUT2D eigenvalue weighted by Gasteiger charge is 2.49. The van der Waals surface area contributed by atoms with Crippen molar-refractivity contribution in [2.75, 3.05) is 13.1 Å². The van der Waals surface area contributed by atoms with Gasteiger partial charge in [0.15, 0.2) is 11.6 Å². The third kappa shape index (κ3) is 5.18. The number of rotatable bonds is 6. The molecule has 0 radical (unpaired) electrons. The van der Waals surface area contributed by atoms with Gasteiger partial charge in [0.1, 0.15) is 12.2 Å². The number of aromatic carboxylic acids is 1. The van der Waals surface area contributed by atoms with Crippen LogP contribution in [0.3, 0.4) is 0 Å². The van der Waals surface area contributed by atoms with Crippen molar-refractivity contribution in [2.45, 2.75) is 49.5 Å². The lowest BCUT2D eigenvalue weighted by atomic mass is 10.0. The number of para-hydroxylation sites is 1. The minimum absolute atomic E-state index is 0.0159. The summed E-state index contributed by atoms with van der Waals surface area (Å²) in [6.07, 6.45) is -2.72. The average Bonchev–Trinajstić information content (AvgIpc) is 3.10. The molecule has 0 aromatic heterocycles. The van der Waals surface area contributed by atoms with Gasteiger partial charge in [-0.05, 0) is 30.3 Å². The quantitative estimate of drug-likeness (QED) is 0.591. The molecule has 2 aliphatic rings. The molecule has 1 aliphatic heterocycles. The number of carboxylic acids is 1. The number of carbonyl (C=O) groups excluding carboxylic acids is 1. The van der Waals surface area contributed by atoms with E-state index in [9.17, 15) is 33.0 Å². The highest BCUT2D eigenvalue weighted by atomic mass is 19.3. The molecule has 0 spiro atoms. The van der Waals surface area contributed by atoms with Crippen molar-refractivity contribution in [3.63, 3.8) is 0 Å². The van der Waals surface area contributed by atoms with Gasteiger partial charge in [-0.2, -0.15) is 0 Å². The van der Waals surface area contributed by atoms with Crippen molar-refractivity contribution in [3.8, 4) is 5.75 Å². The van der Waals surface area contributed by atoms with Gasteiger partial charge in [-0.3, -0.25) is 9.69 Å². The van der Waals surface area contributed by atoms with Gasteiger partial charge in [0.2, 0.25) is 0 Å². The number of amides is 1. The SMILES string of the molecule is O=C(O)c1cccc(C(=O)N[C@@H]2C[C@@H](Oc3ccccc3F)[C@H](O)[C@H]2N2CCC(F)(F)CC2)c1. The molecule has 4 atom stereocenters. The molecule has 182 valence electrons. The number of nitrogens with zero attached hydrogens (tertiary/aromatic N) is 1. The predicted octanol–water partition coefficient (Wildman–Crippen LogP) is 2.93. The van der Waals surface area contributed by atoms with Gasteiger partial charge in [-0.1, -0.05) is 18.2 Å². The zero-order chi connectivity index (χ0) is 24.5. The van der Waals surface area contributed by atoms with Crippen molar-refractivity contribution in [1.82, 2.24) is 10.2 Å². The van der Waals surface area contributed by atoms with Crippen LogP contribution >= 0.6 is 0 Å². The van der Waals surface area contributed by atoms with Gasteiger partial charge in [-0.15, -0.1) is 0 Å². The number of aliphatic hydroxyl groups excluding tert-OH is 1. The van der Waals surface area contributed by atoms with E-state index in [1.165, 1.54) is 42.5 Å². The number of carboxylic acid groups (broad SMARTS) is 1. The van der Waals surface area contributed by atoms with Gasteiger partial charge in [0.25, 0.3) is 11.8 Å². The molecule has 2 aromatic carbocycles. The van der Waals surface area contributed by atoms with Crippen LogP contribution < -0.4 is 10.1 Å². The number of benzene rings is 2. The molecule has 7 nitrogen and oxygen atoms in total. The van der Waals surface area contributed by atoms with E-state index in [1.54, 1.807) is 11.0 Å². The molecule has 1 saturated heterocycles. The summed E-state index contributed by atoms with van der Waals surface area (Å²) in [5, 5.41) is 23.0. The summed E-state index contributed by atoms with van der Waals surface area (Å²) < 4.78 is 47.3. The molecule has 1 heterocycles. The van der Waals surface area contributed by atoms with E-state index >= 15 is 0 Å². The maximum absolute atomic E-state index is 14.1. The minimum atomic E-state index is -2.79. The van der Waals surface area contributed by atoms with E-state index in [4.69, 9.17) is 4.74 Å². The highest BCUT2D eigenvalue weighted by Crippen LogP contribution is 2.35. The van der Waals surface area contributed by atoms with Crippen LogP contribution in [0.25, 0.3) is 0 Å².